The van der Waals surface area contributed by atoms with E-state index >= 15 is 0 Å². The third-order valence-corrected chi connectivity index (χ3v) is 7.81. The van der Waals surface area contributed by atoms with Crippen molar-refractivity contribution in [2.75, 3.05) is 5.75 Å². The molecule has 0 saturated carbocycles. The van der Waals surface area contributed by atoms with Crippen molar-refractivity contribution < 1.29 is 28.1 Å². The van der Waals surface area contributed by atoms with E-state index < -0.39 is 40.9 Å². The summed E-state index contributed by atoms with van der Waals surface area (Å²) in [6, 6.07) is 34.4. The van der Waals surface area contributed by atoms with Crippen molar-refractivity contribution in [2.45, 2.75) is 37.5 Å². The van der Waals surface area contributed by atoms with Crippen LogP contribution in [0.1, 0.15) is 22.3 Å². The molecule has 0 bridgehead atoms. The van der Waals surface area contributed by atoms with Crippen LogP contribution in [-0.4, -0.2) is 40.0 Å². The molecule has 2 amide bonds. The maximum absolute atomic E-state index is 13.6. The molecular formula is C34H34N2O6S. The SMILES string of the molecule is O=C(N[C@@H](Cc1ccccc1)C(=O)N[C@@H](CS(=O)Cc1ccccc1)C(=O)OCc1ccccc1)OCc1ccccc1. The second-order valence-electron chi connectivity index (χ2n) is 9.84. The van der Waals surface area contributed by atoms with E-state index in [9.17, 15) is 18.6 Å². The zero-order chi connectivity index (χ0) is 30.3. The summed E-state index contributed by atoms with van der Waals surface area (Å²) in [5.74, 6) is -1.30. The van der Waals surface area contributed by atoms with Gasteiger partial charge in [-0.15, -0.1) is 0 Å². The molecule has 0 radical (unpaired) electrons. The second-order valence-corrected chi connectivity index (χ2v) is 11.3. The predicted molar refractivity (Wildman–Crippen MR) is 165 cm³/mol. The normalized spacial score (nSPS) is 12.7. The van der Waals surface area contributed by atoms with E-state index in [4.69, 9.17) is 9.47 Å². The summed E-state index contributed by atoms with van der Waals surface area (Å²) < 4.78 is 24.0. The summed E-state index contributed by atoms with van der Waals surface area (Å²) in [5, 5.41) is 5.32. The molecule has 4 aromatic rings. The highest BCUT2D eigenvalue weighted by molar-refractivity contribution is 7.84. The first-order chi connectivity index (χ1) is 21.0. The zero-order valence-electron chi connectivity index (χ0n) is 23.6. The molecule has 0 fully saturated rings. The van der Waals surface area contributed by atoms with Crippen molar-refractivity contribution >= 4 is 28.8 Å². The molecule has 0 heterocycles. The zero-order valence-corrected chi connectivity index (χ0v) is 24.4. The van der Waals surface area contributed by atoms with Crippen molar-refractivity contribution in [2.24, 2.45) is 0 Å². The first-order valence-electron chi connectivity index (χ1n) is 13.9. The number of carbonyl (C=O) groups excluding carboxylic acids is 3. The Hall–Kier alpha value is -4.76. The minimum atomic E-state index is -1.50. The van der Waals surface area contributed by atoms with Crippen LogP contribution in [-0.2, 0) is 55.2 Å². The quantitative estimate of drug-likeness (QED) is 0.204. The Morgan fingerprint density at radius 2 is 1.05 bits per heavy atom. The van der Waals surface area contributed by atoms with Gasteiger partial charge in [0, 0.05) is 23.0 Å². The van der Waals surface area contributed by atoms with E-state index in [1.165, 1.54) is 0 Å². The van der Waals surface area contributed by atoms with Crippen molar-refractivity contribution in [3.8, 4) is 0 Å². The summed E-state index contributed by atoms with van der Waals surface area (Å²) in [5.41, 5.74) is 3.20. The minimum Gasteiger partial charge on any atom is -0.459 e. The highest BCUT2D eigenvalue weighted by Crippen LogP contribution is 2.09. The van der Waals surface area contributed by atoms with Gasteiger partial charge in [-0.3, -0.25) is 9.00 Å². The number of hydrogen-bond donors (Lipinski definition) is 2. The lowest BCUT2D eigenvalue weighted by Gasteiger charge is -2.23. The molecule has 9 heteroatoms. The van der Waals surface area contributed by atoms with Crippen LogP contribution in [0, 0.1) is 0 Å². The average molecular weight is 599 g/mol. The number of esters is 1. The van der Waals surface area contributed by atoms with Crippen molar-refractivity contribution in [1.82, 2.24) is 10.6 Å². The van der Waals surface area contributed by atoms with Crippen LogP contribution < -0.4 is 10.6 Å². The molecular weight excluding hydrogens is 564 g/mol. The predicted octanol–water partition coefficient (Wildman–Crippen LogP) is 4.70. The summed E-state index contributed by atoms with van der Waals surface area (Å²) >= 11 is 0. The molecule has 1 unspecified atom stereocenters. The van der Waals surface area contributed by atoms with E-state index in [-0.39, 0.29) is 31.1 Å². The van der Waals surface area contributed by atoms with Gasteiger partial charge in [0.25, 0.3) is 0 Å². The smallest absolute Gasteiger partial charge is 0.408 e. The van der Waals surface area contributed by atoms with E-state index in [2.05, 4.69) is 10.6 Å². The summed E-state index contributed by atoms with van der Waals surface area (Å²) in [7, 11) is -1.50. The van der Waals surface area contributed by atoms with Crippen molar-refractivity contribution in [3.05, 3.63) is 144 Å². The molecule has 4 rings (SSSR count). The number of nitrogens with one attached hydrogen (secondary N) is 2. The van der Waals surface area contributed by atoms with Crippen molar-refractivity contribution in [1.29, 1.82) is 0 Å². The Morgan fingerprint density at radius 3 is 1.58 bits per heavy atom. The van der Waals surface area contributed by atoms with Gasteiger partial charge in [0.15, 0.2) is 0 Å². The van der Waals surface area contributed by atoms with Crippen molar-refractivity contribution in [3.63, 3.8) is 0 Å². The Bertz CT molecular complexity index is 1470. The first-order valence-corrected chi connectivity index (χ1v) is 15.4. The van der Waals surface area contributed by atoms with Gasteiger partial charge in [-0.25, -0.2) is 9.59 Å². The lowest BCUT2D eigenvalue weighted by atomic mass is 10.1. The largest absolute Gasteiger partial charge is 0.459 e. The Labute approximate surface area is 253 Å². The molecule has 4 aromatic carbocycles. The van der Waals surface area contributed by atoms with Gasteiger partial charge in [0.1, 0.15) is 25.3 Å². The molecule has 0 aromatic heterocycles. The highest BCUT2D eigenvalue weighted by atomic mass is 32.2. The van der Waals surface area contributed by atoms with Crippen LogP contribution >= 0.6 is 0 Å². The highest BCUT2D eigenvalue weighted by Gasteiger charge is 2.30. The fraction of sp³-hybridized carbons (Fsp3) is 0.206. The number of amides is 2. The van der Waals surface area contributed by atoms with Gasteiger partial charge in [0.05, 0.1) is 5.75 Å². The number of alkyl carbamates (subject to hydrolysis) is 1. The molecule has 222 valence electrons. The van der Waals surface area contributed by atoms with Gasteiger partial charge < -0.3 is 20.1 Å². The monoisotopic (exact) mass is 598 g/mol. The number of rotatable bonds is 14. The first kappa shape index (κ1) is 31.2. The number of ether oxygens (including phenoxy) is 2. The van der Waals surface area contributed by atoms with E-state index in [0.29, 0.717) is 0 Å². The lowest BCUT2D eigenvalue weighted by molar-refractivity contribution is -0.148. The Kier molecular flexibility index (Phi) is 12.1. The van der Waals surface area contributed by atoms with Gasteiger partial charge in [-0.1, -0.05) is 121 Å². The molecule has 43 heavy (non-hydrogen) atoms. The van der Waals surface area contributed by atoms with Gasteiger partial charge in [-0.2, -0.15) is 0 Å². The van der Waals surface area contributed by atoms with Crippen LogP contribution in [0.25, 0.3) is 0 Å². The van der Waals surface area contributed by atoms with E-state index in [1.807, 2.05) is 121 Å². The number of hydrogen-bond acceptors (Lipinski definition) is 6. The van der Waals surface area contributed by atoms with Gasteiger partial charge in [0.2, 0.25) is 5.91 Å². The molecule has 3 atom stereocenters. The van der Waals surface area contributed by atoms with E-state index in [0.717, 1.165) is 22.3 Å². The topological polar surface area (TPSA) is 111 Å². The molecule has 0 aliphatic carbocycles. The molecule has 0 saturated heterocycles. The van der Waals surface area contributed by atoms with Gasteiger partial charge in [-0.05, 0) is 22.3 Å². The Morgan fingerprint density at radius 1 is 0.581 bits per heavy atom. The number of benzene rings is 4. The summed E-state index contributed by atoms with van der Waals surface area (Å²) in [6.45, 7) is 0.0219. The van der Waals surface area contributed by atoms with E-state index in [1.54, 1.807) is 0 Å². The summed E-state index contributed by atoms with van der Waals surface area (Å²) in [4.78, 5) is 39.5. The fourth-order valence-corrected chi connectivity index (χ4v) is 5.51. The summed E-state index contributed by atoms with van der Waals surface area (Å²) in [6.07, 6.45) is -0.637. The van der Waals surface area contributed by atoms with Crippen LogP contribution in [0.3, 0.4) is 0 Å². The van der Waals surface area contributed by atoms with Crippen LogP contribution in [0.15, 0.2) is 121 Å². The van der Waals surface area contributed by atoms with Crippen LogP contribution in [0.2, 0.25) is 0 Å². The third-order valence-electron chi connectivity index (χ3n) is 6.45. The maximum atomic E-state index is 13.6. The van der Waals surface area contributed by atoms with Crippen LogP contribution in [0.5, 0.6) is 0 Å². The molecule has 0 aliphatic rings. The third kappa shape index (κ3) is 10.9. The standard InChI is InChI=1S/C34H34N2O6S/c37-32(30(21-26-13-5-1-6-14-26)36-34(39)42-23-28-17-9-3-10-18-28)35-31(25-43(40)24-29-19-11-4-12-20-29)33(38)41-22-27-15-7-2-8-16-27/h1-20,30-31H,21-25H2,(H,35,37)(H,36,39)/t30-,31-,43?/m0/s1. The molecule has 8 nitrogen and oxygen atoms in total. The number of carbonyl (C=O) groups is 3. The van der Waals surface area contributed by atoms with Crippen LogP contribution in [0.4, 0.5) is 4.79 Å². The average Bonchev–Trinajstić information content (AvgIpc) is 3.04. The van der Waals surface area contributed by atoms with Gasteiger partial charge >= 0.3 is 12.1 Å². The lowest BCUT2D eigenvalue weighted by Crippen LogP contribution is -2.54. The fourth-order valence-electron chi connectivity index (χ4n) is 4.24. The second kappa shape index (κ2) is 16.6. The molecule has 2 N–H and O–H groups in total. The Balaban J connectivity index is 1.47. The maximum Gasteiger partial charge on any atom is 0.408 e. The molecule has 0 spiro atoms. The molecule has 0 aliphatic heterocycles. The minimum absolute atomic E-state index is 0.00509.